The zero-order chi connectivity index (χ0) is 22.2. The minimum atomic E-state index is -1.01. The number of aromatic amines is 1. The van der Waals surface area contributed by atoms with E-state index in [0.717, 1.165) is 53.6 Å². The lowest BCUT2D eigenvalue weighted by Crippen LogP contribution is -2.33. The number of ether oxygens (including phenoxy) is 1. The number of para-hydroxylation sites is 1. The maximum absolute atomic E-state index is 11.9. The second-order valence-electron chi connectivity index (χ2n) is 8.51. The number of allylic oxidation sites excluding steroid dienone is 1. The maximum atomic E-state index is 11.9. The minimum Gasteiger partial charge on any atom is -0.490 e. The molecule has 0 radical (unpaired) electrons. The smallest absolute Gasteiger partial charge is 0.412 e. The van der Waals surface area contributed by atoms with Crippen LogP contribution in [0.15, 0.2) is 45.6 Å². The summed E-state index contributed by atoms with van der Waals surface area (Å²) in [5, 5.41) is 20.7. The van der Waals surface area contributed by atoms with Gasteiger partial charge in [-0.2, -0.15) is 10.2 Å². The van der Waals surface area contributed by atoms with Crippen LogP contribution in [0, 0.1) is 12.8 Å². The lowest BCUT2D eigenvalue weighted by atomic mass is 9.84. The Bertz CT molecular complexity index is 1240. The van der Waals surface area contributed by atoms with E-state index in [-0.39, 0.29) is 18.6 Å². The summed E-state index contributed by atoms with van der Waals surface area (Å²) in [6.45, 7) is 2.62. The number of carbonyl (C=O) groups is 1. The van der Waals surface area contributed by atoms with Gasteiger partial charge in [0.15, 0.2) is 0 Å². The minimum absolute atomic E-state index is 0.188. The number of rotatable bonds is 3. The number of hydrogen-bond acceptors (Lipinski definition) is 4. The van der Waals surface area contributed by atoms with Gasteiger partial charge in [-0.05, 0) is 56.4 Å². The molecular formula is C24H25ClN4O3. The number of nitrogens with zero attached hydrogens (tertiary/aromatic N) is 3. The number of azo groups is 1. The van der Waals surface area contributed by atoms with Gasteiger partial charge in [0, 0.05) is 23.1 Å². The van der Waals surface area contributed by atoms with Crippen LogP contribution >= 0.6 is 11.6 Å². The van der Waals surface area contributed by atoms with E-state index < -0.39 is 6.09 Å². The Kier molecular flexibility index (Phi) is 5.51. The Morgan fingerprint density at radius 3 is 2.78 bits per heavy atom. The van der Waals surface area contributed by atoms with Crippen molar-refractivity contribution < 1.29 is 14.6 Å². The average Bonchev–Trinajstić information content (AvgIpc) is 3.04. The first-order valence-corrected chi connectivity index (χ1v) is 11.3. The number of aromatic nitrogens is 1. The van der Waals surface area contributed by atoms with Crippen molar-refractivity contribution in [2.75, 3.05) is 11.4 Å². The van der Waals surface area contributed by atoms with Gasteiger partial charge in [-0.3, -0.25) is 4.90 Å². The van der Waals surface area contributed by atoms with E-state index in [2.05, 4.69) is 28.2 Å². The molecule has 0 atom stereocenters. The van der Waals surface area contributed by atoms with Gasteiger partial charge in [0.05, 0.1) is 34.7 Å². The van der Waals surface area contributed by atoms with Gasteiger partial charge in [-0.1, -0.05) is 29.8 Å². The topological polar surface area (TPSA) is 90.3 Å². The van der Waals surface area contributed by atoms with Crippen molar-refractivity contribution in [2.24, 2.45) is 16.1 Å². The maximum Gasteiger partial charge on any atom is 0.412 e. The normalized spacial score (nSPS) is 22.4. The lowest BCUT2D eigenvalue weighted by Gasteiger charge is -2.29. The third-order valence-corrected chi connectivity index (χ3v) is 6.73. The molecule has 1 fully saturated rings. The molecule has 1 aliphatic carbocycles. The third kappa shape index (κ3) is 3.81. The Morgan fingerprint density at radius 1 is 1.25 bits per heavy atom. The summed E-state index contributed by atoms with van der Waals surface area (Å²) in [4.78, 5) is 16.6. The quantitative estimate of drug-likeness (QED) is 0.721. The highest BCUT2D eigenvalue weighted by atomic mass is 35.5. The second-order valence-corrected chi connectivity index (χ2v) is 8.95. The van der Waals surface area contributed by atoms with Crippen molar-refractivity contribution in [3.63, 3.8) is 0 Å². The summed E-state index contributed by atoms with van der Waals surface area (Å²) >= 11 is 6.26. The van der Waals surface area contributed by atoms with Gasteiger partial charge in [0.2, 0.25) is 0 Å². The predicted octanol–water partition coefficient (Wildman–Crippen LogP) is 4.44. The van der Waals surface area contributed by atoms with Crippen molar-refractivity contribution in [3.8, 4) is 5.75 Å². The van der Waals surface area contributed by atoms with Gasteiger partial charge in [0.25, 0.3) is 0 Å². The van der Waals surface area contributed by atoms with E-state index in [9.17, 15) is 9.90 Å². The second kappa shape index (κ2) is 8.47. The van der Waals surface area contributed by atoms with Crippen LogP contribution in [0.5, 0.6) is 5.75 Å². The number of hydrogen-bond donors (Lipinski definition) is 2. The SMILES string of the molecule is Cc1ccccc1OC1CCC(C2=c3[nH]c4c(c3CN=N2)N(C(=O)O)CC=C(Cl)C=4)CC1. The number of halogens is 1. The van der Waals surface area contributed by atoms with Gasteiger partial charge in [-0.15, -0.1) is 0 Å². The Hall–Kier alpha value is -3.06. The number of carboxylic acid groups (broad SMARTS) is 1. The largest absolute Gasteiger partial charge is 0.490 e. The first-order valence-electron chi connectivity index (χ1n) is 10.9. The van der Waals surface area contributed by atoms with Crippen molar-refractivity contribution in [3.05, 3.63) is 57.2 Å². The molecule has 2 N–H and O–H groups in total. The number of amides is 1. The van der Waals surface area contributed by atoms with E-state index in [1.165, 1.54) is 4.90 Å². The molecule has 5 rings (SSSR count). The molecular weight excluding hydrogens is 428 g/mol. The fraction of sp³-hybridized carbons (Fsp3) is 0.375. The monoisotopic (exact) mass is 452 g/mol. The molecule has 1 aromatic heterocycles. The molecule has 32 heavy (non-hydrogen) atoms. The van der Waals surface area contributed by atoms with E-state index in [4.69, 9.17) is 16.3 Å². The number of anilines is 1. The number of benzene rings is 1. The Balaban J connectivity index is 1.44. The molecule has 8 heteroatoms. The molecule has 2 aromatic rings. The van der Waals surface area contributed by atoms with E-state index in [0.29, 0.717) is 22.6 Å². The number of H-pyrrole nitrogens is 1. The molecule has 0 bridgehead atoms. The van der Waals surface area contributed by atoms with Gasteiger partial charge in [0.1, 0.15) is 5.75 Å². The molecule has 3 heterocycles. The van der Waals surface area contributed by atoms with Crippen molar-refractivity contribution >= 4 is 35.2 Å². The highest BCUT2D eigenvalue weighted by molar-refractivity contribution is 6.34. The molecule has 1 amide bonds. The van der Waals surface area contributed by atoms with Crippen molar-refractivity contribution in [1.29, 1.82) is 0 Å². The lowest BCUT2D eigenvalue weighted by molar-refractivity contribution is 0.141. The van der Waals surface area contributed by atoms with Crippen LogP contribution in [-0.4, -0.2) is 28.8 Å². The highest BCUT2D eigenvalue weighted by Gasteiger charge is 2.30. The molecule has 0 unspecified atom stereocenters. The average molecular weight is 453 g/mol. The van der Waals surface area contributed by atoms with Crippen molar-refractivity contribution in [1.82, 2.24) is 4.98 Å². The van der Waals surface area contributed by atoms with Gasteiger partial charge >= 0.3 is 6.09 Å². The highest BCUT2D eigenvalue weighted by Crippen LogP contribution is 2.35. The number of fused-ring (bicyclic) bond motifs is 3. The number of aryl methyl sites for hydroxylation is 1. The van der Waals surface area contributed by atoms with Crippen LogP contribution in [0.2, 0.25) is 0 Å². The van der Waals surface area contributed by atoms with Crippen molar-refractivity contribution in [2.45, 2.75) is 45.3 Å². The first-order chi connectivity index (χ1) is 15.5. The molecule has 0 spiro atoms. The summed E-state index contributed by atoms with van der Waals surface area (Å²) < 4.78 is 6.25. The zero-order valence-corrected chi connectivity index (χ0v) is 18.6. The van der Waals surface area contributed by atoms with Crippen LogP contribution in [0.1, 0.15) is 36.8 Å². The summed E-state index contributed by atoms with van der Waals surface area (Å²) in [6, 6.07) is 8.11. The standard InChI is InChI=1S/C24H25ClN4O3/c1-14-4-2-3-5-20(14)32-17-8-6-15(7-9-17)21-22-18(13-26-28-21)23-19(27-22)12-16(25)10-11-29(23)24(30)31/h2-5,10,12,15,17,27H,6-9,11,13H2,1H3,(H,30,31). The van der Waals surface area contributed by atoms with Gasteiger partial charge < -0.3 is 14.8 Å². The molecule has 1 aromatic carbocycles. The van der Waals surface area contributed by atoms with Gasteiger partial charge in [-0.25, -0.2) is 4.79 Å². The van der Waals surface area contributed by atoms with Crippen LogP contribution < -0.4 is 20.3 Å². The summed E-state index contributed by atoms with van der Waals surface area (Å²) in [6.07, 6.45) is 6.42. The van der Waals surface area contributed by atoms with Crippen LogP contribution in [0.3, 0.4) is 0 Å². The molecule has 2 aliphatic heterocycles. The fourth-order valence-electron chi connectivity index (χ4n) is 4.82. The molecule has 3 aliphatic rings. The van der Waals surface area contributed by atoms with E-state index in [1.807, 2.05) is 18.2 Å². The number of nitrogens with one attached hydrogen (secondary N) is 1. The summed E-state index contributed by atoms with van der Waals surface area (Å²) in [7, 11) is 0. The molecule has 0 saturated heterocycles. The van der Waals surface area contributed by atoms with E-state index >= 15 is 0 Å². The Morgan fingerprint density at radius 2 is 2.03 bits per heavy atom. The van der Waals surface area contributed by atoms with E-state index in [1.54, 1.807) is 12.2 Å². The summed E-state index contributed by atoms with van der Waals surface area (Å²) in [5.74, 6) is 1.20. The van der Waals surface area contributed by atoms with Crippen LogP contribution in [0.25, 0.3) is 11.8 Å². The van der Waals surface area contributed by atoms with Crippen LogP contribution in [-0.2, 0) is 6.54 Å². The molecule has 7 nitrogen and oxygen atoms in total. The fourth-order valence-corrected chi connectivity index (χ4v) is 4.99. The molecule has 166 valence electrons. The summed E-state index contributed by atoms with van der Waals surface area (Å²) in [5.41, 5.74) is 3.57. The Labute approximate surface area is 190 Å². The van der Waals surface area contributed by atoms with Crippen LogP contribution in [0.4, 0.5) is 10.5 Å². The zero-order valence-electron chi connectivity index (χ0n) is 17.8. The third-order valence-electron chi connectivity index (χ3n) is 6.47. The molecule has 1 saturated carbocycles. The first kappa shape index (κ1) is 20.8. The predicted molar refractivity (Wildman–Crippen MR) is 123 cm³/mol.